The summed E-state index contributed by atoms with van der Waals surface area (Å²) in [5.74, 6) is 5.95. The molecule has 0 unspecified atom stereocenters. The predicted molar refractivity (Wildman–Crippen MR) is 77.3 cm³/mol. The first-order valence-corrected chi connectivity index (χ1v) is 6.23. The highest BCUT2D eigenvalue weighted by Gasteiger charge is 2.01. The number of benzene rings is 1. The third-order valence-electron chi connectivity index (χ3n) is 2.64. The summed E-state index contributed by atoms with van der Waals surface area (Å²) < 4.78 is 0. The smallest absolute Gasteiger partial charge is 0.0555 e. The second-order valence-corrected chi connectivity index (χ2v) is 4.75. The van der Waals surface area contributed by atoms with Crippen LogP contribution in [0.4, 0.5) is 0 Å². The number of nitrogens with zero attached hydrogens (tertiary/aromatic N) is 2. The van der Waals surface area contributed by atoms with Crippen molar-refractivity contribution in [2.24, 2.45) is 5.73 Å². The van der Waals surface area contributed by atoms with Crippen LogP contribution in [0.5, 0.6) is 0 Å². The molecule has 0 saturated heterocycles. The third-order valence-corrected chi connectivity index (χ3v) is 2.64. The number of rotatable bonds is 5. The molecule has 0 aliphatic carbocycles. The van der Waals surface area contributed by atoms with E-state index in [4.69, 9.17) is 5.73 Å². The van der Waals surface area contributed by atoms with Gasteiger partial charge < -0.3 is 15.5 Å². The summed E-state index contributed by atoms with van der Waals surface area (Å²) >= 11 is 0. The summed E-state index contributed by atoms with van der Waals surface area (Å²) in [4.78, 5) is 4.51. The largest absolute Gasteiger partial charge is 0.320 e. The molecule has 0 spiro atoms. The summed E-state index contributed by atoms with van der Waals surface area (Å²) in [6.45, 7) is 3.49. The lowest BCUT2D eigenvalue weighted by molar-refractivity contribution is 0.276. The monoisotopic (exact) mass is 245 g/mol. The summed E-state index contributed by atoms with van der Waals surface area (Å²) in [5, 5.41) is 0. The van der Waals surface area contributed by atoms with Crippen LogP contribution in [0.3, 0.4) is 0 Å². The zero-order valence-electron chi connectivity index (χ0n) is 11.6. The number of nitrogens with two attached hydrogens (primary N) is 1. The van der Waals surface area contributed by atoms with E-state index in [2.05, 4.69) is 61.0 Å². The van der Waals surface area contributed by atoms with E-state index in [-0.39, 0.29) is 0 Å². The Morgan fingerprint density at radius 2 is 1.94 bits per heavy atom. The number of hydrogen-bond donors (Lipinski definition) is 1. The molecule has 0 bridgehead atoms. The molecule has 3 heteroatoms. The fourth-order valence-electron chi connectivity index (χ4n) is 1.66. The first kappa shape index (κ1) is 14.7. The Balaban J connectivity index is 2.56. The standard InChI is InChI=1S/C15H23N3/c1-17(2)10-11-18(3)13-15-7-4-6-14(12-15)8-5-9-16/h4,6-7,12H,9-11,13,16H2,1-3H3. The molecule has 0 fully saturated rings. The molecule has 1 aromatic carbocycles. The van der Waals surface area contributed by atoms with Crippen LogP contribution in [-0.4, -0.2) is 50.6 Å². The predicted octanol–water partition coefficient (Wildman–Crippen LogP) is 0.990. The van der Waals surface area contributed by atoms with Crippen LogP contribution in [0, 0.1) is 11.8 Å². The van der Waals surface area contributed by atoms with Gasteiger partial charge in [-0.2, -0.15) is 0 Å². The maximum atomic E-state index is 5.38. The Morgan fingerprint density at radius 1 is 1.17 bits per heavy atom. The van der Waals surface area contributed by atoms with Gasteiger partial charge in [0.15, 0.2) is 0 Å². The first-order valence-electron chi connectivity index (χ1n) is 6.23. The fourth-order valence-corrected chi connectivity index (χ4v) is 1.66. The van der Waals surface area contributed by atoms with Gasteiger partial charge in [-0.25, -0.2) is 0 Å². The zero-order chi connectivity index (χ0) is 13.4. The van der Waals surface area contributed by atoms with Gasteiger partial charge in [-0.05, 0) is 38.8 Å². The van der Waals surface area contributed by atoms with Crippen molar-refractivity contribution in [3.8, 4) is 11.8 Å². The Hall–Kier alpha value is -1.34. The lowest BCUT2D eigenvalue weighted by Gasteiger charge is -2.19. The van der Waals surface area contributed by atoms with Gasteiger partial charge in [0.05, 0.1) is 6.54 Å². The van der Waals surface area contributed by atoms with E-state index in [0.29, 0.717) is 6.54 Å². The van der Waals surface area contributed by atoms with Gasteiger partial charge in [-0.15, -0.1) is 0 Å². The van der Waals surface area contributed by atoms with Crippen molar-refractivity contribution in [1.29, 1.82) is 0 Å². The van der Waals surface area contributed by atoms with E-state index in [1.165, 1.54) is 5.56 Å². The molecular formula is C15H23N3. The lowest BCUT2D eigenvalue weighted by atomic mass is 10.1. The Labute approximate surface area is 111 Å². The van der Waals surface area contributed by atoms with Gasteiger partial charge in [0.25, 0.3) is 0 Å². The van der Waals surface area contributed by atoms with Crippen molar-refractivity contribution in [1.82, 2.24) is 9.80 Å². The first-order chi connectivity index (χ1) is 8.61. The van der Waals surface area contributed by atoms with Crippen LogP contribution in [0.2, 0.25) is 0 Å². The van der Waals surface area contributed by atoms with E-state index >= 15 is 0 Å². The molecule has 98 valence electrons. The SMILES string of the molecule is CN(C)CCN(C)Cc1cccc(C#CCN)c1. The Morgan fingerprint density at radius 3 is 2.61 bits per heavy atom. The van der Waals surface area contributed by atoms with Crippen LogP contribution < -0.4 is 5.73 Å². The van der Waals surface area contributed by atoms with E-state index < -0.39 is 0 Å². The van der Waals surface area contributed by atoms with Crippen molar-refractivity contribution < 1.29 is 0 Å². The molecule has 0 atom stereocenters. The van der Waals surface area contributed by atoms with Crippen molar-refractivity contribution in [2.45, 2.75) is 6.54 Å². The Kier molecular flexibility index (Phi) is 6.45. The minimum Gasteiger partial charge on any atom is -0.320 e. The number of hydrogen-bond acceptors (Lipinski definition) is 3. The highest BCUT2D eigenvalue weighted by atomic mass is 15.1. The lowest BCUT2D eigenvalue weighted by Crippen LogP contribution is -2.28. The molecule has 3 nitrogen and oxygen atoms in total. The molecule has 0 aliphatic heterocycles. The zero-order valence-corrected chi connectivity index (χ0v) is 11.6. The van der Waals surface area contributed by atoms with E-state index in [1.54, 1.807) is 0 Å². The van der Waals surface area contributed by atoms with Crippen molar-refractivity contribution in [3.05, 3.63) is 35.4 Å². The third kappa shape index (κ3) is 5.83. The highest BCUT2D eigenvalue weighted by molar-refractivity contribution is 5.37. The molecule has 0 aliphatic rings. The van der Waals surface area contributed by atoms with Crippen molar-refractivity contribution in [2.75, 3.05) is 40.8 Å². The van der Waals surface area contributed by atoms with Crippen LogP contribution in [0.1, 0.15) is 11.1 Å². The fraction of sp³-hybridized carbons (Fsp3) is 0.467. The molecule has 18 heavy (non-hydrogen) atoms. The van der Waals surface area contributed by atoms with Gasteiger partial charge in [-0.1, -0.05) is 24.0 Å². The highest BCUT2D eigenvalue weighted by Crippen LogP contribution is 2.06. The van der Waals surface area contributed by atoms with Gasteiger partial charge in [0, 0.05) is 25.2 Å². The maximum absolute atomic E-state index is 5.38. The quantitative estimate of drug-likeness (QED) is 0.785. The minimum absolute atomic E-state index is 0.410. The molecule has 0 aromatic heterocycles. The minimum atomic E-state index is 0.410. The summed E-state index contributed by atoms with van der Waals surface area (Å²) in [7, 11) is 6.33. The Bertz CT molecular complexity index is 415. The molecule has 0 heterocycles. The summed E-state index contributed by atoms with van der Waals surface area (Å²) in [5.41, 5.74) is 7.71. The van der Waals surface area contributed by atoms with Crippen LogP contribution in [0.15, 0.2) is 24.3 Å². The molecule has 2 N–H and O–H groups in total. The van der Waals surface area contributed by atoms with Crippen LogP contribution in [0.25, 0.3) is 0 Å². The molecular weight excluding hydrogens is 222 g/mol. The molecule has 1 aromatic rings. The number of likely N-dealkylation sites (N-methyl/N-ethyl adjacent to an activating group) is 2. The summed E-state index contributed by atoms with van der Waals surface area (Å²) in [6.07, 6.45) is 0. The summed E-state index contributed by atoms with van der Waals surface area (Å²) in [6, 6.07) is 8.34. The van der Waals surface area contributed by atoms with Gasteiger partial charge >= 0.3 is 0 Å². The average Bonchev–Trinajstić information content (AvgIpc) is 2.34. The van der Waals surface area contributed by atoms with Gasteiger partial charge in [0.2, 0.25) is 0 Å². The van der Waals surface area contributed by atoms with Crippen LogP contribution in [-0.2, 0) is 6.54 Å². The van der Waals surface area contributed by atoms with Crippen molar-refractivity contribution in [3.63, 3.8) is 0 Å². The normalized spacial score (nSPS) is 10.6. The van der Waals surface area contributed by atoms with Gasteiger partial charge in [0.1, 0.15) is 0 Å². The maximum Gasteiger partial charge on any atom is 0.0555 e. The average molecular weight is 245 g/mol. The second kappa shape index (κ2) is 7.88. The molecule has 0 saturated carbocycles. The molecule has 1 rings (SSSR count). The molecule has 0 amide bonds. The van der Waals surface area contributed by atoms with Crippen molar-refractivity contribution >= 4 is 0 Å². The van der Waals surface area contributed by atoms with E-state index in [0.717, 1.165) is 25.2 Å². The van der Waals surface area contributed by atoms with E-state index in [1.807, 2.05) is 6.07 Å². The van der Waals surface area contributed by atoms with Crippen LogP contribution >= 0.6 is 0 Å². The van der Waals surface area contributed by atoms with E-state index in [9.17, 15) is 0 Å². The molecule has 0 radical (unpaired) electrons. The topological polar surface area (TPSA) is 32.5 Å². The van der Waals surface area contributed by atoms with Gasteiger partial charge in [-0.3, -0.25) is 0 Å². The second-order valence-electron chi connectivity index (χ2n) is 4.75.